The van der Waals surface area contributed by atoms with E-state index in [0.29, 0.717) is 34.5 Å². The smallest absolute Gasteiger partial charge is 0.326 e. The molecular formula is C22H20ClFN4O2. The van der Waals surface area contributed by atoms with E-state index in [2.05, 4.69) is 10.3 Å². The lowest BCUT2D eigenvalue weighted by molar-refractivity contribution is 0.258. The largest absolute Gasteiger partial charge is 0.495 e. The summed E-state index contributed by atoms with van der Waals surface area (Å²) in [6.45, 7) is 0.696. The molecular weight excluding hydrogens is 407 g/mol. The number of ether oxygens (including phenoxy) is 1. The molecule has 2 amide bonds. The molecule has 0 aliphatic carbocycles. The zero-order valence-electron chi connectivity index (χ0n) is 16.5. The fourth-order valence-electron chi connectivity index (χ4n) is 3.46. The van der Waals surface area contributed by atoms with Gasteiger partial charge in [-0.25, -0.2) is 14.2 Å². The molecule has 2 heterocycles. The van der Waals surface area contributed by atoms with E-state index in [0.717, 1.165) is 17.7 Å². The van der Waals surface area contributed by atoms with Crippen molar-refractivity contribution in [3.63, 3.8) is 0 Å². The van der Waals surface area contributed by atoms with Gasteiger partial charge < -0.3 is 15.0 Å². The fraction of sp³-hybridized carbons (Fsp3) is 0.182. The van der Waals surface area contributed by atoms with Gasteiger partial charge in [-0.3, -0.25) is 4.90 Å². The number of fused-ring (bicyclic) bond motifs is 1. The molecule has 30 heavy (non-hydrogen) atoms. The second kappa shape index (κ2) is 8.20. The monoisotopic (exact) mass is 426 g/mol. The highest BCUT2D eigenvalue weighted by atomic mass is 35.5. The molecule has 0 fully saturated rings. The van der Waals surface area contributed by atoms with E-state index >= 15 is 0 Å². The molecule has 6 nitrogen and oxygen atoms in total. The highest BCUT2D eigenvalue weighted by molar-refractivity contribution is 6.34. The minimum absolute atomic E-state index is 0.290. The summed E-state index contributed by atoms with van der Waals surface area (Å²) in [5, 5.41) is 3.16. The number of carbonyl (C=O) groups excluding carboxylic acids is 1. The second-order valence-corrected chi connectivity index (χ2v) is 7.26. The number of benzene rings is 2. The predicted octanol–water partition coefficient (Wildman–Crippen LogP) is 5.25. The molecule has 1 aliphatic rings. The van der Waals surface area contributed by atoms with Crippen LogP contribution in [0.5, 0.6) is 5.75 Å². The maximum absolute atomic E-state index is 13.7. The number of urea groups is 1. The van der Waals surface area contributed by atoms with Crippen LogP contribution in [0.2, 0.25) is 5.02 Å². The first kappa shape index (κ1) is 20.0. The van der Waals surface area contributed by atoms with Crippen molar-refractivity contribution in [1.82, 2.24) is 4.98 Å². The number of anilines is 4. The number of para-hydroxylation sites is 1. The highest BCUT2D eigenvalue weighted by Crippen LogP contribution is 2.36. The maximum Gasteiger partial charge on any atom is 0.326 e. The summed E-state index contributed by atoms with van der Waals surface area (Å²) in [6.07, 6.45) is 2.44. The zero-order chi connectivity index (χ0) is 21.3. The Morgan fingerprint density at radius 3 is 2.90 bits per heavy atom. The average Bonchev–Trinajstić information content (AvgIpc) is 3.17. The number of nitrogens with zero attached hydrogens (tertiary/aromatic N) is 3. The molecule has 2 aromatic carbocycles. The molecule has 8 heteroatoms. The van der Waals surface area contributed by atoms with Crippen molar-refractivity contribution in [2.75, 3.05) is 35.8 Å². The van der Waals surface area contributed by atoms with Gasteiger partial charge in [-0.2, -0.15) is 0 Å². The predicted molar refractivity (Wildman–Crippen MR) is 117 cm³/mol. The number of hydrogen-bond acceptors (Lipinski definition) is 4. The van der Waals surface area contributed by atoms with E-state index in [1.807, 2.05) is 4.90 Å². The number of rotatable bonds is 4. The standard InChI is InChI=1S/C22H20ClFN4O2/c1-27(22(29)26-21-17(23)4-3-5-19(21)30-2)16-8-10-25-20(13-16)28-11-9-14-6-7-15(24)12-18(14)28/h3-8,10,12-13H,9,11H2,1-2H3,(H,26,29). The maximum atomic E-state index is 13.7. The molecule has 0 spiro atoms. The third-order valence-electron chi connectivity index (χ3n) is 5.07. The van der Waals surface area contributed by atoms with Gasteiger partial charge in [0.15, 0.2) is 0 Å². The van der Waals surface area contributed by atoms with Crippen molar-refractivity contribution in [3.05, 3.63) is 71.1 Å². The molecule has 4 rings (SSSR count). The molecule has 0 atom stereocenters. The molecule has 154 valence electrons. The second-order valence-electron chi connectivity index (χ2n) is 6.85. The van der Waals surface area contributed by atoms with Crippen molar-refractivity contribution in [2.24, 2.45) is 0 Å². The lowest BCUT2D eigenvalue weighted by Gasteiger charge is -2.23. The third-order valence-corrected chi connectivity index (χ3v) is 5.38. The molecule has 1 N–H and O–H groups in total. The van der Waals surface area contributed by atoms with Gasteiger partial charge >= 0.3 is 6.03 Å². The third kappa shape index (κ3) is 3.76. The summed E-state index contributed by atoms with van der Waals surface area (Å²) in [5.74, 6) is 0.823. The zero-order valence-corrected chi connectivity index (χ0v) is 17.3. The Labute approximate surface area is 178 Å². The van der Waals surface area contributed by atoms with Crippen LogP contribution in [0.15, 0.2) is 54.7 Å². The van der Waals surface area contributed by atoms with Crippen molar-refractivity contribution in [1.29, 1.82) is 0 Å². The van der Waals surface area contributed by atoms with Crippen LogP contribution in [-0.2, 0) is 6.42 Å². The number of carbonyl (C=O) groups is 1. The fourth-order valence-corrected chi connectivity index (χ4v) is 3.67. The summed E-state index contributed by atoms with van der Waals surface area (Å²) in [5.41, 5.74) is 2.90. The van der Waals surface area contributed by atoms with E-state index in [4.69, 9.17) is 16.3 Å². The van der Waals surface area contributed by atoms with E-state index < -0.39 is 0 Å². The van der Waals surface area contributed by atoms with Crippen LogP contribution >= 0.6 is 11.6 Å². The van der Waals surface area contributed by atoms with Crippen LogP contribution < -0.4 is 19.9 Å². The van der Waals surface area contributed by atoms with Gasteiger partial charge in [0, 0.05) is 31.5 Å². The number of nitrogens with one attached hydrogen (secondary N) is 1. The molecule has 0 radical (unpaired) electrons. The lowest BCUT2D eigenvalue weighted by Crippen LogP contribution is -2.31. The number of amides is 2. The van der Waals surface area contributed by atoms with Crippen LogP contribution in [0, 0.1) is 5.82 Å². The Balaban J connectivity index is 1.58. The molecule has 0 saturated carbocycles. The first-order valence-electron chi connectivity index (χ1n) is 9.37. The van der Waals surface area contributed by atoms with Crippen molar-refractivity contribution >= 4 is 40.5 Å². The number of pyridine rings is 1. The van der Waals surface area contributed by atoms with Gasteiger partial charge in [-0.15, -0.1) is 0 Å². The van der Waals surface area contributed by atoms with E-state index in [9.17, 15) is 9.18 Å². The lowest BCUT2D eigenvalue weighted by atomic mass is 10.2. The SMILES string of the molecule is COc1cccc(Cl)c1NC(=O)N(C)c1ccnc(N2CCc3ccc(F)cc32)c1. The molecule has 1 aliphatic heterocycles. The van der Waals surface area contributed by atoms with Crippen LogP contribution in [-0.4, -0.2) is 31.7 Å². The summed E-state index contributed by atoms with van der Waals surface area (Å²) in [7, 11) is 3.16. The molecule has 0 saturated heterocycles. The van der Waals surface area contributed by atoms with Crippen LogP contribution in [0.1, 0.15) is 5.56 Å². The summed E-state index contributed by atoms with van der Waals surface area (Å²) < 4.78 is 19.0. The minimum atomic E-state index is -0.383. The Hall–Kier alpha value is -3.32. The number of methoxy groups -OCH3 is 1. The Bertz CT molecular complexity index is 1110. The Morgan fingerprint density at radius 1 is 1.27 bits per heavy atom. The Morgan fingerprint density at radius 2 is 2.10 bits per heavy atom. The Kier molecular flexibility index (Phi) is 5.46. The van der Waals surface area contributed by atoms with Gasteiger partial charge in [0.25, 0.3) is 0 Å². The average molecular weight is 427 g/mol. The molecule has 0 bridgehead atoms. The summed E-state index contributed by atoms with van der Waals surface area (Å²) >= 11 is 6.21. The van der Waals surface area contributed by atoms with Gasteiger partial charge in [0.2, 0.25) is 0 Å². The number of hydrogen-bond donors (Lipinski definition) is 1. The van der Waals surface area contributed by atoms with Gasteiger partial charge in [-0.05, 0) is 42.3 Å². The van der Waals surface area contributed by atoms with E-state index in [1.165, 1.54) is 24.1 Å². The van der Waals surface area contributed by atoms with Gasteiger partial charge in [0.05, 0.1) is 17.8 Å². The highest BCUT2D eigenvalue weighted by Gasteiger charge is 2.23. The minimum Gasteiger partial charge on any atom is -0.495 e. The van der Waals surface area contributed by atoms with Crippen LogP contribution in [0.3, 0.4) is 0 Å². The van der Waals surface area contributed by atoms with Crippen molar-refractivity contribution in [3.8, 4) is 5.75 Å². The molecule has 1 aromatic heterocycles. The number of halogens is 2. The summed E-state index contributed by atoms with van der Waals surface area (Å²) in [6, 6.07) is 13.1. The van der Waals surface area contributed by atoms with Gasteiger partial charge in [-0.1, -0.05) is 23.7 Å². The van der Waals surface area contributed by atoms with Crippen molar-refractivity contribution in [2.45, 2.75) is 6.42 Å². The first-order valence-corrected chi connectivity index (χ1v) is 9.75. The number of aromatic nitrogens is 1. The molecule has 3 aromatic rings. The van der Waals surface area contributed by atoms with Crippen LogP contribution in [0.25, 0.3) is 0 Å². The first-order chi connectivity index (χ1) is 14.5. The van der Waals surface area contributed by atoms with E-state index in [1.54, 1.807) is 49.6 Å². The summed E-state index contributed by atoms with van der Waals surface area (Å²) in [4.78, 5) is 20.7. The molecule has 0 unspecified atom stereocenters. The van der Waals surface area contributed by atoms with E-state index in [-0.39, 0.29) is 11.8 Å². The van der Waals surface area contributed by atoms with Crippen LogP contribution in [0.4, 0.5) is 32.1 Å². The van der Waals surface area contributed by atoms with Crippen molar-refractivity contribution < 1.29 is 13.9 Å². The quantitative estimate of drug-likeness (QED) is 0.619. The normalized spacial score (nSPS) is 12.5. The topological polar surface area (TPSA) is 57.7 Å². The van der Waals surface area contributed by atoms with Gasteiger partial charge in [0.1, 0.15) is 23.1 Å².